The molecule has 3 aromatic rings. The van der Waals surface area contributed by atoms with Gasteiger partial charge in [0.15, 0.2) is 0 Å². The van der Waals surface area contributed by atoms with Crippen LogP contribution in [0.2, 0.25) is 0 Å². The summed E-state index contributed by atoms with van der Waals surface area (Å²) in [6, 6.07) is 12.1. The molecule has 1 aliphatic rings. The smallest absolute Gasteiger partial charge is 0.284 e. The summed E-state index contributed by atoms with van der Waals surface area (Å²) in [4.78, 5) is 14.8. The maximum absolute atomic E-state index is 14.2. The van der Waals surface area contributed by atoms with Crippen LogP contribution in [0.3, 0.4) is 0 Å². The summed E-state index contributed by atoms with van der Waals surface area (Å²) in [7, 11) is -2.09. The third-order valence-electron chi connectivity index (χ3n) is 5.78. The minimum atomic E-state index is -3.94. The molecule has 34 heavy (non-hydrogen) atoms. The topological polar surface area (TPSA) is 96.7 Å². The molecule has 2 aromatic carbocycles. The Kier molecular flexibility index (Phi) is 6.78. The number of hydrogen-bond donors (Lipinski definition) is 1. The van der Waals surface area contributed by atoms with E-state index in [-0.39, 0.29) is 16.1 Å². The van der Waals surface area contributed by atoms with Gasteiger partial charge in [-0.3, -0.25) is 4.79 Å². The summed E-state index contributed by atoms with van der Waals surface area (Å²) in [6.45, 7) is 2.43. The molecule has 1 aromatic heterocycles. The van der Waals surface area contributed by atoms with E-state index in [1.54, 1.807) is 37.3 Å². The molecule has 1 amide bonds. The van der Waals surface area contributed by atoms with Crippen molar-refractivity contribution < 1.29 is 17.6 Å². The van der Waals surface area contributed by atoms with Crippen molar-refractivity contribution in [3.05, 3.63) is 71.8 Å². The highest BCUT2D eigenvalue weighted by molar-refractivity contribution is 7.90. The van der Waals surface area contributed by atoms with Crippen molar-refractivity contribution in [1.29, 1.82) is 0 Å². The first-order valence-corrected chi connectivity index (χ1v) is 12.5. The third-order valence-corrected chi connectivity index (χ3v) is 7.09. The van der Waals surface area contributed by atoms with Crippen LogP contribution in [-0.2, 0) is 10.0 Å². The van der Waals surface area contributed by atoms with E-state index in [1.807, 2.05) is 11.9 Å². The normalized spacial score (nSPS) is 15.9. The fourth-order valence-corrected chi connectivity index (χ4v) is 5.01. The van der Waals surface area contributed by atoms with Crippen molar-refractivity contribution in [3.8, 4) is 5.69 Å². The van der Waals surface area contributed by atoms with Crippen LogP contribution in [0.15, 0.2) is 64.0 Å². The Morgan fingerprint density at radius 1 is 1.12 bits per heavy atom. The average Bonchev–Trinajstić information content (AvgIpc) is 3.08. The lowest BCUT2D eigenvalue weighted by Gasteiger charge is -2.17. The van der Waals surface area contributed by atoms with E-state index in [9.17, 15) is 17.6 Å². The SMILES string of the molecule is Cc1c(C(=O)Nc2cccc(S(=O)(=O)N=C3CCCCCN3C)c2)cnn1-c1ccccc1F. The van der Waals surface area contributed by atoms with E-state index < -0.39 is 21.7 Å². The summed E-state index contributed by atoms with van der Waals surface area (Å²) in [5.74, 6) is -0.396. The molecule has 1 aliphatic heterocycles. The molecular weight excluding hydrogens is 457 g/mol. The Bertz CT molecular complexity index is 1350. The zero-order valence-electron chi connectivity index (χ0n) is 19.0. The van der Waals surface area contributed by atoms with Crippen molar-refractivity contribution in [3.63, 3.8) is 0 Å². The van der Waals surface area contributed by atoms with Gasteiger partial charge in [-0.15, -0.1) is 4.40 Å². The lowest BCUT2D eigenvalue weighted by molar-refractivity contribution is 0.102. The first-order valence-electron chi connectivity index (χ1n) is 11.0. The zero-order valence-corrected chi connectivity index (χ0v) is 19.8. The number of halogens is 1. The number of nitrogens with one attached hydrogen (secondary N) is 1. The Balaban J connectivity index is 1.56. The van der Waals surface area contributed by atoms with Gasteiger partial charge >= 0.3 is 0 Å². The average molecular weight is 484 g/mol. The van der Waals surface area contributed by atoms with Gasteiger partial charge < -0.3 is 10.2 Å². The molecule has 10 heteroatoms. The van der Waals surface area contributed by atoms with Crippen LogP contribution in [-0.4, -0.2) is 48.4 Å². The van der Waals surface area contributed by atoms with Crippen LogP contribution in [0.5, 0.6) is 0 Å². The highest BCUT2D eigenvalue weighted by atomic mass is 32.2. The van der Waals surface area contributed by atoms with Gasteiger partial charge in [0.1, 0.15) is 17.3 Å². The van der Waals surface area contributed by atoms with E-state index in [0.29, 0.717) is 23.6 Å². The van der Waals surface area contributed by atoms with Crippen LogP contribution in [0.4, 0.5) is 10.1 Å². The van der Waals surface area contributed by atoms with Gasteiger partial charge in [-0.1, -0.05) is 24.6 Å². The van der Waals surface area contributed by atoms with E-state index in [1.165, 1.54) is 29.1 Å². The minimum absolute atomic E-state index is 0.00535. The number of carbonyl (C=O) groups is 1. The number of rotatable bonds is 5. The number of para-hydroxylation sites is 1. The van der Waals surface area contributed by atoms with Crippen molar-refractivity contribution in [1.82, 2.24) is 14.7 Å². The summed E-state index contributed by atoms with van der Waals surface area (Å²) in [6.07, 6.45) is 4.90. The molecule has 0 unspecified atom stereocenters. The number of nitrogens with zero attached hydrogens (tertiary/aromatic N) is 4. The number of benzene rings is 2. The summed E-state index contributed by atoms with van der Waals surface area (Å²) >= 11 is 0. The van der Waals surface area contributed by atoms with Gasteiger partial charge in [0, 0.05) is 25.7 Å². The zero-order chi connectivity index (χ0) is 24.3. The molecule has 178 valence electrons. The predicted molar refractivity (Wildman–Crippen MR) is 128 cm³/mol. The van der Waals surface area contributed by atoms with E-state index in [4.69, 9.17) is 0 Å². The number of sulfonamides is 1. The molecule has 0 bridgehead atoms. The van der Waals surface area contributed by atoms with Gasteiger partial charge in [0.05, 0.1) is 22.3 Å². The van der Waals surface area contributed by atoms with Gasteiger partial charge in [0.2, 0.25) is 0 Å². The van der Waals surface area contributed by atoms with Crippen LogP contribution >= 0.6 is 0 Å². The molecule has 1 N–H and O–H groups in total. The highest BCUT2D eigenvalue weighted by Crippen LogP contribution is 2.22. The number of carbonyl (C=O) groups excluding carboxylic acids is 1. The molecular formula is C24H26FN5O3S. The summed E-state index contributed by atoms with van der Waals surface area (Å²) in [5, 5.41) is 6.85. The molecule has 0 saturated carbocycles. The Hall–Kier alpha value is -3.53. The van der Waals surface area contributed by atoms with Crippen LogP contribution in [0.25, 0.3) is 5.69 Å². The first-order chi connectivity index (χ1) is 16.3. The molecule has 4 rings (SSSR count). The predicted octanol–water partition coefficient (Wildman–Crippen LogP) is 4.17. The molecule has 1 fully saturated rings. The number of anilines is 1. The summed E-state index contributed by atoms with van der Waals surface area (Å²) in [5.41, 5.74) is 1.24. The number of amidine groups is 1. The molecule has 1 saturated heterocycles. The molecule has 2 heterocycles. The first kappa shape index (κ1) is 23.6. The molecule has 0 aliphatic carbocycles. The largest absolute Gasteiger partial charge is 0.362 e. The number of amides is 1. The van der Waals surface area contributed by atoms with Crippen LogP contribution < -0.4 is 5.32 Å². The maximum atomic E-state index is 14.2. The molecule has 0 spiro atoms. The standard InChI is InChI=1S/C24H26FN5O3S/c1-17-20(16-26-30(17)22-12-6-5-11-21(22)25)24(31)27-18-9-8-10-19(15-18)34(32,33)28-23-13-4-3-7-14-29(23)2/h5-6,8-12,15-16H,3-4,7,13-14H2,1-2H3,(H,27,31). The van der Waals surface area contributed by atoms with Gasteiger partial charge in [-0.2, -0.15) is 13.5 Å². The minimum Gasteiger partial charge on any atom is -0.362 e. The van der Waals surface area contributed by atoms with Crippen molar-refractivity contribution in [2.24, 2.45) is 4.40 Å². The number of hydrogen-bond acceptors (Lipinski definition) is 4. The van der Waals surface area contributed by atoms with E-state index in [0.717, 1.165) is 25.8 Å². The summed E-state index contributed by atoms with van der Waals surface area (Å²) < 4.78 is 45.4. The second-order valence-electron chi connectivity index (χ2n) is 8.20. The second kappa shape index (κ2) is 9.76. The monoisotopic (exact) mass is 483 g/mol. The molecule has 8 nitrogen and oxygen atoms in total. The van der Waals surface area contributed by atoms with Crippen molar-refractivity contribution in [2.45, 2.75) is 37.5 Å². The molecule has 0 atom stereocenters. The fourth-order valence-electron chi connectivity index (χ4n) is 3.87. The molecule has 0 radical (unpaired) electrons. The quantitative estimate of drug-likeness (QED) is 0.588. The third kappa shape index (κ3) is 5.01. The van der Waals surface area contributed by atoms with Crippen molar-refractivity contribution in [2.75, 3.05) is 18.9 Å². The van der Waals surface area contributed by atoms with Gasteiger partial charge in [0.25, 0.3) is 15.9 Å². The Morgan fingerprint density at radius 2 is 1.91 bits per heavy atom. The maximum Gasteiger partial charge on any atom is 0.284 e. The highest BCUT2D eigenvalue weighted by Gasteiger charge is 2.20. The Morgan fingerprint density at radius 3 is 2.71 bits per heavy atom. The Labute approximate surface area is 198 Å². The number of likely N-dealkylation sites (tertiary alicyclic amines) is 1. The van der Waals surface area contributed by atoms with Crippen molar-refractivity contribution >= 4 is 27.5 Å². The lowest BCUT2D eigenvalue weighted by atomic mass is 10.2. The number of aromatic nitrogens is 2. The van der Waals surface area contributed by atoms with Crippen LogP contribution in [0.1, 0.15) is 41.7 Å². The lowest BCUT2D eigenvalue weighted by Crippen LogP contribution is -2.26. The van der Waals surface area contributed by atoms with E-state index in [2.05, 4.69) is 14.8 Å². The fraction of sp³-hybridized carbons (Fsp3) is 0.292. The van der Waals surface area contributed by atoms with E-state index >= 15 is 0 Å². The van der Waals surface area contributed by atoms with Gasteiger partial charge in [-0.25, -0.2) is 9.07 Å². The van der Waals surface area contributed by atoms with Gasteiger partial charge in [-0.05, 0) is 50.1 Å². The van der Waals surface area contributed by atoms with Crippen LogP contribution in [0, 0.1) is 12.7 Å². The second-order valence-corrected chi connectivity index (χ2v) is 9.81.